The lowest BCUT2D eigenvalue weighted by Crippen LogP contribution is -2.09. The van der Waals surface area contributed by atoms with E-state index in [0.29, 0.717) is 0 Å². The number of methoxy groups -OCH3 is 1. The first-order valence-electron chi connectivity index (χ1n) is 6.02. The van der Waals surface area contributed by atoms with Gasteiger partial charge < -0.3 is 10.1 Å². The van der Waals surface area contributed by atoms with Crippen molar-refractivity contribution in [3.8, 4) is 0 Å². The van der Waals surface area contributed by atoms with Gasteiger partial charge in [-0.15, -0.1) is 11.3 Å². The molecule has 0 fully saturated rings. The molecule has 0 amide bonds. The summed E-state index contributed by atoms with van der Waals surface area (Å²) in [7, 11) is 1.73. The number of ether oxygens (including phenoxy) is 1. The Morgan fingerprint density at radius 2 is 2.22 bits per heavy atom. The number of rotatable bonds is 6. The van der Waals surface area contributed by atoms with E-state index in [1.807, 2.05) is 11.6 Å². The summed E-state index contributed by atoms with van der Waals surface area (Å²) in [6.07, 6.45) is 0.920. The number of para-hydroxylation sites is 1. The highest BCUT2D eigenvalue weighted by Gasteiger charge is 2.09. The Labute approximate surface area is 112 Å². The molecule has 2 aromatic rings. The minimum Gasteiger partial charge on any atom is -0.384 e. The smallest absolute Gasteiger partial charge is 0.0795 e. The van der Waals surface area contributed by atoms with E-state index in [4.69, 9.17) is 4.74 Å². The molecule has 0 aliphatic rings. The van der Waals surface area contributed by atoms with Crippen molar-refractivity contribution in [1.29, 1.82) is 0 Å². The Balaban J connectivity index is 2.08. The van der Waals surface area contributed by atoms with Gasteiger partial charge in [-0.2, -0.15) is 0 Å². The predicted molar refractivity (Wildman–Crippen MR) is 76.2 cm³/mol. The quantitative estimate of drug-likeness (QED) is 0.865. The number of aromatic nitrogens is 1. The highest BCUT2D eigenvalue weighted by molar-refractivity contribution is 7.07. The van der Waals surface area contributed by atoms with Gasteiger partial charge in [0.1, 0.15) is 0 Å². The van der Waals surface area contributed by atoms with Crippen LogP contribution in [0.3, 0.4) is 0 Å². The third-order valence-corrected chi connectivity index (χ3v) is 3.46. The number of thiazole rings is 1. The number of benzene rings is 1. The Bertz CT molecular complexity index is 470. The van der Waals surface area contributed by atoms with Gasteiger partial charge in [-0.1, -0.05) is 18.2 Å². The maximum atomic E-state index is 5.14. The van der Waals surface area contributed by atoms with Gasteiger partial charge in [0, 0.05) is 18.2 Å². The van der Waals surface area contributed by atoms with E-state index in [0.717, 1.165) is 24.4 Å². The Morgan fingerprint density at radius 3 is 2.94 bits per heavy atom. The number of nitrogens with zero attached hydrogens (tertiary/aromatic N) is 1. The Morgan fingerprint density at radius 1 is 1.39 bits per heavy atom. The maximum Gasteiger partial charge on any atom is 0.0795 e. The van der Waals surface area contributed by atoms with E-state index in [2.05, 4.69) is 40.8 Å². The van der Waals surface area contributed by atoms with E-state index in [-0.39, 0.29) is 6.04 Å². The molecule has 1 unspecified atom stereocenters. The maximum absolute atomic E-state index is 5.14. The summed E-state index contributed by atoms with van der Waals surface area (Å²) in [5.74, 6) is 0. The van der Waals surface area contributed by atoms with Crippen LogP contribution in [0.15, 0.2) is 35.2 Å². The normalized spacial score (nSPS) is 12.3. The molecule has 0 radical (unpaired) electrons. The Kier molecular flexibility index (Phi) is 4.73. The molecule has 4 heteroatoms. The van der Waals surface area contributed by atoms with E-state index in [1.54, 1.807) is 18.4 Å². The second-order valence-corrected chi connectivity index (χ2v) is 4.90. The van der Waals surface area contributed by atoms with Crippen molar-refractivity contribution in [2.45, 2.75) is 19.4 Å². The predicted octanol–water partition coefficient (Wildman–Crippen LogP) is 3.51. The third kappa shape index (κ3) is 3.31. The molecule has 1 aromatic heterocycles. The van der Waals surface area contributed by atoms with Crippen LogP contribution in [0.4, 0.5) is 5.69 Å². The molecule has 1 aromatic carbocycles. The van der Waals surface area contributed by atoms with Gasteiger partial charge in [-0.3, -0.25) is 0 Å². The third-order valence-electron chi connectivity index (χ3n) is 2.86. The first-order valence-corrected chi connectivity index (χ1v) is 6.97. The summed E-state index contributed by atoms with van der Waals surface area (Å²) in [6, 6.07) is 8.57. The lowest BCUT2D eigenvalue weighted by atomic mass is 10.1. The molecule has 1 atom stereocenters. The van der Waals surface area contributed by atoms with Crippen LogP contribution in [0.2, 0.25) is 0 Å². The van der Waals surface area contributed by atoms with Crippen LogP contribution in [0.25, 0.3) is 0 Å². The van der Waals surface area contributed by atoms with Crippen molar-refractivity contribution >= 4 is 17.0 Å². The first-order chi connectivity index (χ1) is 8.81. The van der Waals surface area contributed by atoms with Crippen LogP contribution >= 0.6 is 11.3 Å². The lowest BCUT2D eigenvalue weighted by Gasteiger charge is -2.16. The number of anilines is 1. The largest absolute Gasteiger partial charge is 0.384 e. The topological polar surface area (TPSA) is 34.1 Å². The van der Waals surface area contributed by atoms with E-state index in [1.165, 1.54) is 5.56 Å². The second kappa shape index (κ2) is 6.52. The summed E-state index contributed by atoms with van der Waals surface area (Å²) >= 11 is 1.63. The van der Waals surface area contributed by atoms with E-state index >= 15 is 0 Å². The standard InChI is InChI=1S/C14H18N2OS/c1-11(14-9-18-10-15-14)16-13-6-4-3-5-12(13)7-8-17-2/h3-6,9-11,16H,7-8H2,1-2H3. The van der Waals surface area contributed by atoms with Gasteiger partial charge in [0.15, 0.2) is 0 Å². The zero-order valence-corrected chi connectivity index (χ0v) is 11.5. The molecule has 0 saturated carbocycles. The zero-order valence-electron chi connectivity index (χ0n) is 10.7. The molecular formula is C14H18N2OS. The molecule has 0 spiro atoms. The molecule has 0 bridgehead atoms. The zero-order chi connectivity index (χ0) is 12.8. The molecule has 0 aliphatic heterocycles. The van der Waals surface area contributed by atoms with Crippen LogP contribution in [0.1, 0.15) is 24.2 Å². The van der Waals surface area contributed by atoms with Crippen LogP contribution in [-0.2, 0) is 11.2 Å². The molecule has 2 rings (SSSR count). The van der Waals surface area contributed by atoms with E-state index in [9.17, 15) is 0 Å². The highest BCUT2D eigenvalue weighted by atomic mass is 32.1. The number of hydrogen-bond acceptors (Lipinski definition) is 4. The average molecular weight is 262 g/mol. The van der Waals surface area contributed by atoms with Crippen LogP contribution in [0, 0.1) is 0 Å². The van der Waals surface area contributed by atoms with Crippen LogP contribution in [0.5, 0.6) is 0 Å². The SMILES string of the molecule is COCCc1ccccc1NC(C)c1cscn1. The number of nitrogens with one attached hydrogen (secondary N) is 1. The fourth-order valence-electron chi connectivity index (χ4n) is 1.83. The van der Waals surface area contributed by atoms with Gasteiger partial charge in [-0.25, -0.2) is 4.98 Å². The van der Waals surface area contributed by atoms with Crippen molar-refractivity contribution in [2.24, 2.45) is 0 Å². The fraction of sp³-hybridized carbons (Fsp3) is 0.357. The number of hydrogen-bond donors (Lipinski definition) is 1. The van der Waals surface area contributed by atoms with Crippen molar-refractivity contribution in [1.82, 2.24) is 4.98 Å². The summed E-state index contributed by atoms with van der Waals surface area (Å²) in [6.45, 7) is 2.87. The van der Waals surface area contributed by atoms with Gasteiger partial charge in [0.25, 0.3) is 0 Å². The monoisotopic (exact) mass is 262 g/mol. The van der Waals surface area contributed by atoms with Gasteiger partial charge >= 0.3 is 0 Å². The fourth-order valence-corrected chi connectivity index (χ4v) is 2.48. The molecule has 1 N–H and O–H groups in total. The molecule has 1 heterocycles. The molecule has 3 nitrogen and oxygen atoms in total. The summed E-state index contributed by atoms with van der Waals surface area (Å²) in [5.41, 5.74) is 5.39. The molecule has 0 saturated heterocycles. The summed E-state index contributed by atoms with van der Waals surface area (Å²) < 4.78 is 5.14. The molecule has 18 heavy (non-hydrogen) atoms. The van der Waals surface area contributed by atoms with Crippen molar-refractivity contribution in [3.63, 3.8) is 0 Å². The summed E-state index contributed by atoms with van der Waals surface area (Å²) in [4.78, 5) is 4.34. The van der Waals surface area contributed by atoms with Crippen LogP contribution in [-0.4, -0.2) is 18.7 Å². The summed E-state index contributed by atoms with van der Waals surface area (Å²) in [5, 5.41) is 5.59. The average Bonchev–Trinajstić information content (AvgIpc) is 2.91. The van der Waals surface area contributed by atoms with Crippen LogP contribution < -0.4 is 5.32 Å². The Hall–Kier alpha value is -1.39. The van der Waals surface area contributed by atoms with Crippen molar-refractivity contribution in [2.75, 3.05) is 19.0 Å². The minimum absolute atomic E-state index is 0.222. The first kappa shape index (κ1) is 13.1. The molecule has 0 aliphatic carbocycles. The van der Waals surface area contributed by atoms with Crippen molar-refractivity contribution < 1.29 is 4.74 Å². The minimum atomic E-state index is 0.222. The second-order valence-electron chi connectivity index (χ2n) is 4.18. The highest BCUT2D eigenvalue weighted by Crippen LogP contribution is 2.22. The van der Waals surface area contributed by atoms with Gasteiger partial charge in [0.05, 0.1) is 23.9 Å². The van der Waals surface area contributed by atoms with Gasteiger partial charge in [0.2, 0.25) is 0 Å². The van der Waals surface area contributed by atoms with Gasteiger partial charge in [-0.05, 0) is 25.0 Å². The lowest BCUT2D eigenvalue weighted by molar-refractivity contribution is 0.202. The van der Waals surface area contributed by atoms with Crippen molar-refractivity contribution in [3.05, 3.63) is 46.4 Å². The van der Waals surface area contributed by atoms with E-state index < -0.39 is 0 Å². The molecule has 96 valence electrons. The molecular weight excluding hydrogens is 244 g/mol.